The van der Waals surface area contributed by atoms with Gasteiger partial charge in [0.1, 0.15) is 0 Å². The molecule has 0 aromatic heterocycles. The minimum atomic E-state index is -0.219. The largest absolute Gasteiger partial charge is 0.383 e. The number of halogens is 1. The molecule has 0 heterocycles. The molecule has 2 N–H and O–H groups in total. The van der Waals surface area contributed by atoms with Crippen LogP contribution in [0.5, 0.6) is 0 Å². The summed E-state index contributed by atoms with van der Waals surface area (Å²) in [6.45, 7) is 0.885. The van der Waals surface area contributed by atoms with Crippen molar-refractivity contribution in [2.45, 2.75) is 19.3 Å². The number of carbonyl (C=O) groups excluding carboxylic acids is 2. The third-order valence-electron chi connectivity index (χ3n) is 2.82. The highest BCUT2D eigenvalue weighted by Gasteiger charge is 2.12. The van der Waals surface area contributed by atoms with Crippen LogP contribution in [0.2, 0.25) is 0 Å². The molecule has 0 unspecified atom stereocenters. The van der Waals surface area contributed by atoms with Crippen LogP contribution in [0.15, 0.2) is 24.3 Å². The van der Waals surface area contributed by atoms with Gasteiger partial charge < -0.3 is 15.4 Å². The smallest absolute Gasteiger partial charge is 0.253 e. The fraction of sp³-hybridized carbons (Fsp3) is 0.467. The van der Waals surface area contributed by atoms with Crippen LogP contribution in [0.25, 0.3) is 0 Å². The molecule has 2 amide bonds. The van der Waals surface area contributed by atoms with Crippen molar-refractivity contribution < 1.29 is 14.3 Å². The minimum Gasteiger partial charge on any atom is -0.383 e. The molecule has 1 aromatic carbocycles. The molecule has 5 nitrogen and oxygen atoms in total. The number of methoxy groups -OCH3 is 1. The maximum absolute atomic E-state index is 12.1. The van der Waals surface area contributed by atoms with Crippen LogP contribution >= 0.6 is 15.9 Å². The number of anilines is 1. The van der Waals surface area contributed by atoms with Gasteiger partial charge in [-0.25, -0.2) is 0 Å². The lowest BCUT2D eigenvalue weighted by Crippen LogP contribution is -2.28. The Balaban J connectivity index is 2.61. The molecule has 0 radical (unpaired) electrons. The molecule has 0 bridgehead atoms. The number of benzene rings is 1. The Morgan fingerprint density at radius 1 is 1.24 bits per heavy atom. The van der Waals surface area contributed by atoms with Gasteiger partial charge in [0.25, 0.3) is 5.91 Å². The molecule has 0 saturated carbocycles. The van der Waals surface area contributed by atoms with Gasteiger partial charge in [0.05, 0.1) is 17.9 Å². The summed E-state index contributed by atoms with van der Waals surface area (Å²) in [5.74, 6) is -0.295. The SMILES string of the molecule is COCCNC(=O)c1ccccc1NC(=O)CCCCBr. The summed E-state index contributed by atoms with van der Waals surface area (Å²) in [5, 5.41) is 6.43. The number of ether oxygens (including phenoxy) is 1. The van der Waals surface area contributed by atoms with Gasteiger partial charge >= 0.3 is 0 Å². The van der Waals surface area contributed by atoms with Gasteiger partial charge in [-0.2, -0.15) is 0 Å². The first-order chi connectivity index (χ1) is 10.2. The van der Waals surface area contributed by atoms with Crippen molar-refractivity contribution in [2.75, 3.05) is 30.9 Å². The standard InChI is InChI=1S/C15H21BrN2O3/c1-21-11-10-17-15(20)12-6-2-3-7-13(12)18-14(19)8-4-5-9-16/h2-3,6-7H,4-5,8-11H2,1H3,(H,17,20)(H,18,19). The van der Waals surface area contributed by atoms with Crippen LogP contribution in [-0.2, 0) is 9.53 Å². The van der Waals surface area contributed by atoms with Gasteiger partial charge in [-0.3, -0.25) is 9.59 Å². The van der Waals surface area contributed by atoms with Gasteiger partial charge in [0.15, 0.2) is 0 Å². The van der Waals surface area contributed by atoms with Crippen LogP contribution in [0.1, 0.15) is 29.6 Å². The summed E-state index contributed by atoms with van der Waals surface area (Å²) < 4.78 is 4.89. The normalized spacial score (nSPS) is 10.2. The summed E-state index contributed by atoms with van der Waals surface area (Å²) in [6.07, 6.45) is 2.22. The van der Waals surface area contributed by atoms with E-state index >= 15 is 0 Å². The van der Waals surface area contributed by atoms with Crippen LogP contribution in [-0.4, -0.2) is 37.4 Å². The van der Waals surface area contributed by atoms with E-state index in [9.17, 15) is 9.59 Å². The second-order valence-electron chi connectivity index (χ2n) is 4.49. The lowest BCUT2D eigenvalue weighted by atomic mass is 10.1. The van der Waals surface area contributed by atoms with Gasteiger partial charge in [0.2, 0.25) is 5.91 Å². The number of alkyl halides is 1. The quantitative estimate of drug-likeness (QED) is 0.527. The average Bonchev–Trinajstić information content (AvgIpc) is 2.48. The molecule has 0 aliphatic carbocycles. The highest BCUT2D eigenvalue weighted by molar-refractivity contribution is 9.09. The lowest BCUT2D eigenvalue weighted by molar-refractivity contribution is -0.116. The Labute approximate surface area is 133 Å². The molecule has 116 valence electrons. The van der Waals surface area contributed by atoms with Crippen molar-refractivity contribution in [1.82, 2.24) is 5.32 Å². The van der Waals surface area contributed by atoms with Gasteiger partial charge in [-0.05, 0) is 25.0 Å². The molecule has 1 rings (SSSR count). The fourth-order valence-electron chi connectivity index (χ4n) is 1.74. The van der Waals surface area contributed by atoms with Crippen molar-refractivity contribution in [1.29, 1.82) is 0 Å². The topological polar surface area (TPSA) is 67.4 Å². The van der Waals surface area contributed by atoms with E-state index in [1.807, 2.05) is 0 Å². The van der Waals surface area contributed by atoms with Gasteiger partial charge in [-0.15, -0.1) is 0 Å². The van der Waals surface area contributed by atoms with Crippen LogP contribution in [0, 0.1) is 0 Å². The van der Waals surface area contributed by atoms with Crippen LogP contribution in [0.4, 0.5) is 5.69 Å². The number of unbranched alkanes of at least 4 members (excludes halogenated alkanes) is 1. The van der Waals surface area contributed by atoms with Gasteiger partial charge in [0, 0.05) is 25.4 Å². The number of nitrogens with one attached hydrogen (secondary N) is 2. The van der Waals surface area contributed by atoms with Crippen molar-refractivity contribution in [3.05, 3.63) is 29.8 Å². The zero-order valence-electron chi connectivity index (χ0n) is 12.2. The third-order valence-corrected chi connectivity index (χ3v) is 3.39. The first-order valence-corrected chi connectivity index (χ1v) is 8.03. The van der Waals surface area contributed by atoms with Crippen LogP contribution < -0.4 is 10.6 Å². The monoisotopic (exact) mass is 356 g/mol. The summed E-state index contributed by atoms with van der Waals surface area (Å²) in [4.78, 5) is 23.9. The summed E-state index contributed by atoms with van der Waals surface area (Å²) in [7, 11) is 1.58. The van der Waals surface area contributed by atoms with Crippen LogP contribution in [0.3, 0.4) is 0 Å². The number of para-hydroxylation sites is 1. The Kier molecular flexibility index (Phi) is 8.69. The lowest BCUT2D eigenvalue weighted by Gasteiger charge is -2.11. The molecule has 0 saturated heterocycles. The van der Waals surface area contributed by atoms with E-state index in [0.29, 0.717) is 30.8 Å². The number of hydrogen-bond donors (Lipinski definition) is 2. The Morgan fingerprint density at radius 3 is 2.71 bits per heavy atom. The molecule has 1 aromatic rings. The van der Waals surface area contributed by atoms with E-state index in [1.165, 1.54) is 0 Å². The molecule has 21 heavy (non-hydrogen) atoms. The molecule has 0 aliphatic heterocycles. The average molecular weight is 357 g/mol. The second-order valence-corrected chi connectivity index (χ2v) is 5.28. The Hall–Kier alpha value is -1.40. The fourth-order valence-corrected chi connectivity index (χ4v) is 2.14. The third kappa shape index (κ3) is 6.73. The number of hydrogen-bond acceptors (Lipinski definition) is 3. The predicted molar refractivity (Wildman–Crippen MR) is 86.9 cm³/mol. The van der Waals surface area contributed by atoms with Gasteiger partial charge in [-0.1, -0.05) is 28.1 Å². The summed E-state index contributed by atoms with van der Waals surface area (Å²) in [5.41, 5.74) is 0.999. The number of rotatable bonds is 9. The first kappa shape index (κ1) is 17.7. The Morgan fingerprint density at radius 2 is 2.00 bits per heavy atom. The molecular formula is C15H21BrN2O3. The number of carbonyl (C=O) groups is 2. The highest BCUT2D eigenvalue weighted by Crippen LogP contribution is 2.15. The Bertz CT molecular complexity index is 466. The number of amides is 2. The van der Waals surface area contributed by atoms with E-state index < -0.39 is 0 Å². The summed E-state index contributed by atoms with van der Waals surface area (Å²) in [6, 6.07) is 6.98. The second kappa shape index (κ2) is 10.3. The molecule has 0 fully saturated rings. The minimum absolute atomic E-state index is 0.0758. The van der Waals surface area contributed by atoms with E-state index in [0.717, 1.165) is 18.2 Å². The molecular weight excluding hydrogens is 336 g/mol. The maximum Gasteiger partial charge on any atom is 0.253 e. The van der Waals surface area contributed by atoms with Crippen molar-refractivity contribution in [3.8, 4) is 0 Å². The maximum atomic E-state index is 12.1. The highest BCUT2D eigenvalue weighted by atomic mass is 79.9. The van der Waals surface area contributed by atoms with E-state index in [1.54, 1.807) is 31.4 Å². The van der Waals surface area contributed by atoms with Crippen molar-refractivity contribution in [3.63, 3.8) is 0 Å². The molecule has 0 spiro atoms. The zero-order chi connectivity index (χ0) is 15.5. The molecule has 0 atom stereocenters. The summed E-state index contributed by atoms with van der Waals surface area (Å²) >= 11 is 3.33. The first-order valence-electron chi connectivity index (χ1n) is 6.91. The van der Waals surface area contributed by atoms with E-state index in [4.69, 9.17) is 4.74 Å². The molecule has 6 heteroatoms. The van der Waals surface area contributed by atoms with E-state index in [2.05, 4.69) is 26.6 Å². The van der Waals surface area contributed by atoms with E-state index in [-0.39, 0.29) is 11.8 Å². The predicted octanol–water partition coefficient (Wildman–Crippen LogP) is 2.57. The molecule has 0 aliphatic rings. The zero-order valence-corrected chi connectivity index (χ0v) is 13.7. The van der Waals surface area contributed by atoms with Crippen molar-refractivity contribution in [2.24, 2.45) is 0 Å². The van der Waals surface area contributed by atoms with Crippen molar-refractivity contribution >= 4 is 33.4 Å².